The fraction of sp³-hybridized carbons (Fsp3) is 0.250. The highest BCUT2D eigenvalue weighted by atomic mass is 32.2. The molecule has 1 N–H and O–H groups in total. The SMILES string of the molecule is Cc1cc(C)n(C2=CC(=O)NS2=O)n1. The van der Waals surface area contributed by atoms with Crippen LogP contribution in [0.25, 0.3) is 5.03 Å². The average molecular weight is 211 g/mol. The molecule has 6 heteroatoms. The van der Waals surface area contributed by atoms with Crippen LogP contribution in [0.15, 0.2) is 12.1 Å². The smallest absolute Gasteiger partial charge is 0.258 e. The summed E-state index contributed by atoms with van der Waals surface area (Å²) in [5.41, 5.74) is 1.69. The molecule has 0 fully saturated rings. The van der Waals surface area contributed by atoms with Crippen LogP contribution in [0.5, 0.6) is 0 Å². The molecule has 0 saturated carbocycles. The number of amides is 1. The van der Waals surface area contributed by atoms with Crippen LogP contribution in [0.1, 0.15) is 11.4 Å². The van der Waals surface area contributed by atoms with E-state index in [1.807, 2.05) is 19.9 Å². The molecule has 1 amide bonds. The summed E-state index contributed by atoms with van der Waals surface area (Å²) in [5.74, 6) is -0.342. The Morgan fingerprint density at radius 2 is 2.21 bits per heavy atom. The van der Waals surface area contributed by atoms with Crippen molar-refractivity contribution < 1.29 is 9.00 Å². The van der Waals surface area contributed by atoms with Crippen LogP contribution >= 0.6 is 0 Å². The first kappa shape index (κ1) is 9.14. The zero-order valence-corrected chi connectivity index (χ0v) is 8.59. The molecule has 1 aromatic heterocycles. The maximum Gasteiger partial charge on any atom is 0.258 e. The topological polar surface area (TPSA) is 64.0 Å². The van der Waals surface area contributed by atoms with Crippen molar-refractivity contribution in [2.45, 2.75) is 13.8 Å². The molecule has 0 saturated heterocycles. The molecule has 1 aliphatic heterocycles. The summed E-state index contributed by atoms with van der Waals surface area (Å²) in [6.45, 7) is 3.69. The van der Waals surface area contributed by atoms with Crippen LogP contribution in [0, 0.1) is 13.8 Å². The lowest BCUT2D eigenvalue weighted by Gasteiger charge is -2.01. The van der Waals surface area contributed by atoms with E-state index in [0.717, 1.165) is 11.4 Å². The molecular weight excluding hydrogens is 202 g/mol. The standard InChI is InChI=1S/C8H9N3O2S/c1-5-3-6(2)11(9-5)8-4-7(12)10-14(8)13/h3-4H,1-2H3,(H,10,12). The van der Waals surface area contributed by atoms with Gasteiger partial charge in [0.1, 0.15) is 0 Å². The molecule has 0 radical (unpaired) electrons. The van der Waals surface area contributed by atoms with Crippen molar-refractivity contribution in [2.24, 2.45) is 0 Å². The normalized spacial score (nSPS) is 20.9. The van der Waals surface area contributed by atoms with Crippen molar-refractivity contribution in [3.63, 3.8) is 0 Å². The molecule has 5 nitrogen and oxygen atoms in total. The Morgan fingerprint density at radius 3 is 2.64 bits per heavy atom. The molecule has 0 aromatic carbocycles. The Hall–Kier alpha value is -1.43. The van der Waals surface area contributed by atoms with E-state index in [1.165, 1.54) is 10.8 Å². The molecular formula is C8H9N3O2S. The zero-order chi connectivity index (χ0) is 10.3. The Labute approximate surface area is 83.4 Å². The second-order valence-corrected chi connectivity index (χ2v) is 4.22. The second-order valence-electron chi connectivity index (χ2n) is 3.06. The van der Waals surface area contributed by atoms with E-state index < -0.39 is 11.0 Å². The number of hydrogen-bond donors (Lipinski definition) is 1. The van der Waals surface area contributed by atoms with Gasteiger partial charge in [0.15, 0.2) is 16.0 Å². The highest BCUT2D eigenvalue weighted by Gasteiger charge is 2.22. The maximum atomic E-state index is 11.4. The van der Waals surface area contributed by atoms with Gasteiger partial charge in [0.05, 0.1) is 5.69 Å². The van der Waals surface area contributed by atoms with Crippen LogP contribution in [0.4, 0.5) is 0 Å². The van der Waals surface area contributed by atoms with Gasteiger partial charge in [-0.05, 0) is 19.9 Å². The quantitative estimate of drug-likeness (QED) is 0.716. The number of carbonyl (C=O) groups is 1. The van der Waals surface area contributed by atoms with Crippen molar-refractivity contribution >= 4 is 21.9 Å². The number of aryl methyl sites for hydroxylation is 2. The number of rotatable bonds is 1. The van der Waals surface area contributed by atoms with Crippen molar-refractivity contribution in [3.05, 3.63) is 23.5 Å². The van der Waals surface area contributed by atoms with Gasteiger partial charge in [-0.15, -0.1) is 0 Å². The summed E-state index contributed by atoms with van der Waals surface area (Å²) in [6, 6.07) is 1.86. The van der Waals surface area contributed by atoms with Gasteiger partial charge < -0.3 is 0 Å². The summed E-state index contributed by atoms with van der Waals surface area (Å²) < 4.78 is 15.2. The van der Waals surface area contributed by atoms with Gasteiger partial charge in [-0.1, -0.05) is 0 Å². The van der Waals surface area contributed by atoms with Gasteiger partial charge in [0, 0.05) is 11.8 Å². The highest BCUT2D eigenvalue weighted by Crippen LogP contribution is 2.15. The van der Waals surface area contributed by atoms with E-state index in [9.17, 15) is 9.00 Å². The Bertz CT molecular complexity index is 461. The number of hydrogen-bond acceptors (Lipinski definition) is 3. The highest BCUT2D eigenvalue weighted by molar-refractivity contribution is 7.93. The molecule has 1 atom stereocenters. The lowest BCUT2D eigenvalue weighted by molar-refractivity contribution is -0.114. The summed E-state index contributed by atoms with van der Waals surface area (Å²) in [7, 11) is -1.48. The largest absolute Gasteiger partial charge is 0.269 e. The van der Waals surface area contributed by atoms with E-state index in [0.29, 0.717) is 5.03 Å². The molecule has 2 rings (SSSR count). The third-order valence-electron chi connectivity index (χ3n) is 1.86. The van der Waals surface area contributed by atoms with Crippen LogP contribution in [-0.2, 0) is 15.8 Å². The van der Waals surface area contributed by atoms with Crippen molar-refractivity contribution in [1.82, 2.24) is 14.5 Å². The van der Waals surface area contributed by atoms with Crippen LogP contribution < -0.4 is 4.72 Å². The summed E-state index contributed by atoms with van der Waals surface area (Å²) in [5, 5.41) is 4.53. The van der Waals surface area contributed by atoms with Crippen molar-refractivity contribution in [2.75, 3.05) is 0 Å². The van der Waals surface area contributed by atoms with Gasteiger partial charge in [0.25, 0.3) is 5.91 Å². The molecule has 0 bridgehead atoms. The average Bonchev–Trinajstić information content (AvgIpc) is 2.55. The Morgan fingerprint density at radius 1 is 1.50 bits per heavy atom. The lowest BCUT2D eigenvalue weighted by atomic mass is 10.4. The van der Waals surface area contributed by atoms with E-state index in [2.05, 4.69) is 9.82 Å². The summed E-state index contributed by atoms with van der Waals surface area (Å²) >= 11 is 0. The third-order valence-corrected chi connectivity index (χ3v) is 2.91. The molecule has 2 heterocycles. The molecule has 0 spiro atoms. The second kappa shape index (κ2) is 3.06. The Balaban J connectivity index is 2.50. The zero-order valence-electron chi connectivity index (χ0n) is 7.77. The van der Waals surface area contributed by atoms with E-state index in [4.69, 9.17) is 0 Å². The van der Waals surface area contributed by atoms with Gasteiger partial charge in [-0.3, -0.25) is 9.52 Å². The van der Waals surface area contributed by atoms with E-state index >= 15 is 0 Å². The number of carbonyl (C=O) groups excluding carboxylic acids is 1. The fourth-order valence-electron chi connectivity index (χ4n) is 1.33. The van der Waals surface area contributed by atoms with Crippen LogP contribution in [0.2, 0.25) is 0 Å². The molecule has 14 heavy (non-hydrogen) atoms. The predicted molar refractivity (Wildman–Crippen MR) is 52.3 cm³/mol. The number of nitrogens with one attached hydrogen (secondary N) is 1. The Kier molecular flexibility index (Phi) is 1.99. The van der Waals surface area contributed by atoms with Gasteiger partial charge in [-0.25, -0.2) is 8.89 Å². The predicted octanol–water partition coefficient (Wildman–Crippen LogP) is 0.0918. The van der Waals surface area contributed by atoms with Gasteiger partial charge >= 0.3 is 0 Å². The molecule has 1 aromatic rings. The van der Waals surface area contributed by atoms with Crippen LogP contribution in [0.3, 0.4) is 0 Å². The van der Waals surface area contributed by atoms with Crippen molar-refractivity contribution in [3.8, 4) is 0 Å². The molecule has 0 aliphatic carbocycles. The lowest BCUT2D eigenvalue weighted by Crippen LogP contribution is -2.17. The summed E-state index contributed by atoms with van der Waals surface area (Å²) in [4.78, 5) is 10.9. The minimum atomic E-state index is -1.48. The van der Waals surface area contributed by atoms with E-state index in [-0.39, 0.29) is 5.91 Å². The molecule has 74 valence electrons. The number of aromatic nitrogens is 2. The number of nitrogens with zero attached hydrogens (tertiary/aromatic N) is 2. The van der Waals surface area contributed by atoms with E-state index in [1.54, 1.807) is 0 Å². The van der Waals surface area contributed by atoms with Crippen LogP contribution in [-0.4, -0.2) is 19.9 Å². The first-order valence-electron chi connectivity index (χ1n) is 4.05. The minimum Gasteiger partial charge on any atom is -0.269 e. The first-order valence-corrected chi connectivity index (χ1v) is 5.20. The summed E-state index contributed by atoms with van der Waals surface area (Å²) in [6.07, 6.45) is 1.30. The first-order chi connectivity index (χ1) is 6.58. The monoisotopic (exact) mass is 211 g/mol. The van der Waals surface area contributed by atoms with Gasteiger partial charge in [-0.2, -0.15) is 5.10 Å². The maximum absolute atomic E-state index is 11.4. The van der Waals surface area contributed by atoms with Crippen molar-refractivity contribution in [1.29, 1.82) is 0 Å². The molecule has 1 aliphatic rings. The van der Waals surface area contributed by atoms with Gasteiger partial charge in [0.2, 0.25) is 0 Å². The minimum absolute atomic E-state index is 0.342. The molecule has 1 unspecified atom stereocenters. The third kappa shape index (κ3) is 1.37. The fourth-order valence-corrected chi connectivity index (χ4v) is 2.23.